The lowest BCUT2D eigenvalue weighted by Crippen LogP contribution is -2.41. The van der Waals surface area contributed by atoms with Crippen LogP contribution in [-0.2, 0) is 9.67 Å². The summed E-state index contributed by atoms with van der Waals surface area (Å²) in [6.07, 6.45) is 9.83. The molecule has 1 aromatic rings. The van der Waals surface area contributed by atoms with Crippen LogP contribution in [0.1, 0.15) is 50.5 Å². The first kappa shape index (κ1) is 16.0. The van der Waals surface area contributed by atoms with Crippen LogP contribution < -0.4 is 0 Å². The third-order valence-electron chi connectivity index (χ3n) is 6.11. The maximum atomic E-state index is 6.95. The summed E-state index contributed by atoms with van der Waals surface area (Å²) >= 11 is 2.10. The van der Waals surface area contributed by atoms with Gasteiger partial charge in [-0.15, -0.1) is 11.8 Å². The molecule has 3 aliphatic rings. The summed E-state index contributed by atoms with van der Waals surface area (Å²) in [7, 11) is 2.27. The molecule has 3 fully saturated rings. The fraction of sp³-hybridized carbons (Fsp3) is 0.700. The quantitative estimate of drug-likeness (QED) is 0.800. The Hall–Kier alpha value is -0.510. The van der Waals surface area contributed by atoms with Gasteiger partial charge in [0.05, 0.1) is 6.10 Å². The van der Waals surface area contributed by atoms with Gasteiger partial charge in [0.15, 0.2) is 0 Å². The van der Waals surface area contributed by atoms with Gasteiger partial charge >= 0.3 is 0 Å². The first-order chi connectivity index (χ1) is 11.3. The van der Waals surface area contributed by atoms with Gasteiger partial charge in [-0.25, -0.2) is 0 Å². The van der Waals surface area contributed by atoms with Crippen LogP contribution in [0.5, 0.6) is 0 Å². The Balaban J connectivity index is 1.62. The molecule has 1 aliphatic carbocycles. The summed E-state index contributed by atoms with van der Waals surface area (Å²) in [6.45, 7) is 1.23. The summed E-state index contributed by atoms with van der Waals surface area (Å²) in [5, 5.41) is 0. The number of hydrogen-bond donors (Lipinski definition) is 0. The molecule has 3 atom stereocenters. The zero-order chi connectivity index (χ0) is 15.7. The largest absolute Gasteiger partial charge is 0.354 e. The van der Waals surface area contributed by atoms with Crippen molar-refractivity contribution < 1.29 is 4.74 Å². The van der Waals surface area contributed by atoms with Crippen LogP contribution in [0.3, 0.4) is 0 Å². The van der Waals surface area contributed by atoms with Crippen molar-refractivity contribution in [3.05, 3.63) is 35.9 Å². The van der Waals surface area contributed by atoms with Gasteiger partial charge < -0.3 is 9.64 Å². The van der Waals surface area contributed by atoms with E-state index in [0.29, 0.717) is 18.1 Å². The van der Waals surface area contributed by atoms with E-state index in [4.69, 9.17) is 4.74 Å². The van der Waals surface area contributed by atoms with E-state index >= 15 is 0 Å². The highest BCUT2D eigenvalue weighted by atomic mass is 32.2. The molecule has 2 aliphatic heterocycles. The van der Waals surface area contributed by atoms with Crippen molar-refractivity contribution in [3.63, 3.8) is 0 Å². The molecule has 126 valence electrons. The second-order valence-corrected chi connectivity index (χ2v) is 8.75. The molecule has 0 spiro atoms. The average Bonchev–Trinajstić information content (AvgIpc) is 3.23. The highest BCUT2D eigenvalue weighted by Gasteiger charge is 2.51. The van der Waals surface area contributed by atoms with Crippen molar-refractivity contribution in [3.8, 4) is 0 Å². The predicted molar refractivity (Wildman–Crippen MR) is 97.7 cm³/mol. The van der Waals surface area contributed by atoms with Gasteiger partial charge in [-0.1, -0.05) is 49.6 Å². The summed E-state index contributed by atoms with van der Waals surface area (Å²) in [6, 6.07) is 11.7. The molecule has 3 heteroatoms. The molecular formula is C20H29NOS. The van der Waals surface area contributed by atoms with Gasteiger partial charge in [0, 0.05) is 17.7 Å². The van der Waals surface area contributed by atoms with Gasteiger partial charge in [-0.3, -0.25) is 0 Å². The van der Waals surface area contributed by atoms with Gasteiger partial charge in [0.1, 0.15) is 4.93 Å². The van der Waals surface area contributed by atoms with Gasteiger partial charge in [-0.2, -0.15) is 0 Å². The van der Waals surface area contributed by atoms with E-state index in [1.807, 2.05) is 0 Å². The number of rotatable bonds is 3. The normalized spacial score (nSPS) is 36.6. The van der Waals surface area contributed by atoms with E-state index in [0.717, 1.165) is 5.75 Å². The van der Waals surface area contributed by atoms with Crippen LogP contribution in [0.15, 0.2) is 30.3 Å². The standard InChI is InChI=1S/C20H29NOS/c1-21-14-8-13-18(21)19-15-23-20(22-19,16-9-4-2-5-10-16)17-11-6-3-7-12-17/h2,4-5,9-10,17-19H,3,6-8,11-15H2,1H3/t18-,19+,20-/m0/s1. The number of benzene rings is 1. The third-order valence-corrected chi connectivity index (χ3v) is 7.70. The molecule has 23 heavy (non-hydrogen) atoms. The topological polar surface area (TPSA) is 12.5 Å². The molecule has 2 nitrogen and oxygen atoms in total. The molecule has 0 unspecified atom stereocenters. The lowest BCUT2D eigenvalue weighted by atomic mass is 9.82. The van der Waals surface area contributed by atoms with E-state index in [9.17, 15) is 0 Å². The first-order valence-electron chi connectivity index (χ1n) is 9.37. The molecular weight excluding hydrogens is 302 g/mol. The number of likely N-dealkylation sites (tertiary alicyclic amines) is 1. The molecule has 2 heterocycles. The Morgan fingerprint density at radius 2 is 1.83 bits per heavy atom. The molecule has 0 bridgehead atoms. The van der Waals surface area contributed by atoms with Crippen molar-refractivity contribution in [1.82, 2.24) is 4.90 Å². The van der Waals surface area contributed by atoms with Crippen LogP contribution >= 0.6 is 11.8 Å². The zero-order valence-corrected chi connectivity index (χ0v) is 15.1. The fourth-order valence-electron chi connectivity index (χ4n) is 4.85. The molecule has 4 rings (SSSR count). The van der Waals surface area contributed by atoms with Crippen molar-refractivity contribution in [2.75, 3.05) is 19.3 Å². The number of ether oxygens (including phenoxy) is 1. The molecule has 2 saturated heterocycles. The fourth-order valence-corrected chi connectivity index (χ4v) is 6.52. The average molecular weight is 332 g/mol. The minimum Gasteiger partial charge on any atom is -0.354 e. The summed E-state index contributed by atoms with van der Waals surface area (Å²) < 4.78 is 6.95. The van der Waals surface area contributed by atoms with Gasteiger partial charge in [0.25, 0.3) is 0 Å². The van der Waals surface area contributed by atoms with E-state index < -0.39 is 0 Å². The highest BCUT2D eigenvalue weighted by molar-refractivity contribution is 8.00. The van der Waals surface area contributed by atoms with Crippen LogP contribution in [-0.4, -0.2) is 36.4 Å². The monoisotopic (exact) mass is 331 g/mol. The maximum absolute atomic E-state index is 6.95. The smallest absolute Gasteiger partial charge is 0.142 e. The second-order valence-electron chi connectivity index (χ2n) is 7.53. The minimum absolute atomic E-state index is 0.0875. The van der Waals surface area contributed by atoms with Crippen molar-refractivity contribution in [1.29, 1.82) is 0 Å². The van der Waals surface area contributed by atoms with Gasteiger partial charge in [-0.05, 0) is 44.8 Å². The molecule has 0 N–H and O–H groups in total. The van der Waals surface area contributed by atoms with Crippen molar-refractivity contribution in [2.45, 2.75) is 62.0 Å². The van der Waals surface area contributed by atoms with E-state index in [2.05, 4.69) is 54.0 Å². The minimum atomic E-state index is -0.0875. The van der Waals surface area contributed by atoms with E-state index in [1.165, 1.54) is 57.1 Å². The van der Waals surface area contributed by atoms with E-state index in [-0.39, 0.29) is 4.93 Å². The summed E-state index contributed by atoms with van der Waals surface area (Å²) in [4.78, 5) is 2.43. The van der Waals surface area contributed by atoms with Crippen LogP contribution in [0.25, 0.3) is 0 Å². The van der Waals surface area contributed by atoms with Crippen LogP contribution in [0.2, 0.25) is 0 Å². The number of likely N-dealkylation sites (N-methyl/N-ethyl adjacent to an activating group) is 1. The molecule has 1 saturated carbocycles. The third kappa shape index (κ3) is 2.96. The summed E-state index contributed by atoms with van der Waals surface area (Å²) in [5.74, 6) is 1.83. The molecule has 0 aromatic heterocycles. The number of nitrogens with zero attached hydrogens (tertiary/aromatic N) is 1. The lowest BCUT2D eigenvalue weighted by Gasteiger charge is -2.40. The van der Waals surface area contributed by atoms with Crippen LogP contribution in [0.4, 0.5) is 0 Å². The van der Waals surface area contributed by atoms with Gasteiger partial charge in [0.2, 0.25) is 0 Å². The second kappa shape index (κ2) is 6.78. The van der Waals surface area contributed by atoms with Crippen molar-refractivity contribution in [2.24, 2.45) is 5.92 Å². The molecule has 0 amide bonds. The Bertz CT molecular complexity index is 516. The Morgan fingerprint density at radius 3 is 2.52 bits per heavy atom. The molecule has 0 radical (unpaired) electrons. The lowest BCUT2D eigenvalue weighted by molar-refractivity contribution is -0.0781. The Kier molecular flexibility index (Phi) is 4.71. The van der Waals surface area contributed by atoms with E-state index in [1.54, 1.807) is 0 Å². The SMILES string of the molecule is CN1CCC[C@H]1[C@H]1CS[C@@](c2ccccc2)(C2CCCCC2)O1. The highest BCUT2D eigenvalue weighted by Crippen LogP contribution is 2.55. The Morgan fingerprint density at radius 1 is 1.04 bits per heavy atom. The first-order valence-corrected chi connectivity index (χ1v) is 10.4. The van der Waals surface area contributed by atoms with Crippen LogP contribution in [0, 0.1) is 5.92 Å². The summed E-state index contributed by atoms with van der Waals surface area (Å²) in [5.41, 5.74) is 1.40. The predicted octanol–water partition coefficient (Wildman–Crippen LogP) is 4.65. The Labute approximate surface area is 145 Å². The number of thioether (sulfide) groups is 1. The molecule has 1 aromatic carbocycles. The number of hydrogen-bond acceptors (Lipinski definition) is 3. The zero-order valence-electron chi connectivity index (χ0n) is 14.2. The maximum Gasteiger partial charge on any atom is 0.142 e. The van der Waals surface area contributed by atoms with Crippen molar-refractivity contribution >= 4 is 11.8 Å².